The summed E-state index contributed by atoms with van der Waals surface area (Å²) in [6.07, 6.45) is 1.03. The van der Waals surface area contributed by atoms with Gasteiger partial charge in [-0.05, 0) is 24.1 Å². The van der Waals surface area contributed by atoms with E-state index >= 15 is 0 Å². The third-order valence-corrected chi connectivity index (χ3v) is 1.34. The zero-order valence-electron chi connectivity index (χ0n) is 7.27. The molecule has 0 aliphatic carbocycles. The monoisotopic (exact) mass is 200 g/mol. The van der Waals surface area contributed by atoms with E-state index in [-0.39, 0.29) is 0 Å². The number of thiol groups is 1. The summed E-state index contributed by atoms with van der Waals surface area (Å²) in [5.74, 6) is 0.340. The van der Waals surface area contributed by atoms with Crippen LogP contribution in [0.3, 0.4) is 0 Å². The first-order valence-electron chi connectivity index (χ1n) is 3.76. The lowest BCUT2D eigenvalue weighted by Crippen LogP contribution is -1.75. The van der Waals surface area contributed by atoms with Crippen molar-refractivity contribution in [1.29, 1.82) is 0 Å². The van der Waals surface area contributed by atoms with Crippen molar-refractivity contribution in [3.63, 3.8) is 0 Å². The van der Waals surface area contributed by atoms with Crippen molar-refractivity contribution in [3.05, 3.63) is 29.8 Å². The molecule has 0 aromatic heterocycles. The normalized spacial score (nSPS) is 8.46. The van der Waals surface area contributed by atoms with Gasteiger partial charge in [0.05, 0.1) is 0 Å². The van der Waals surface area contributed by atoms with Crippen LogP contribution >= 0.6 is 12.6 Å². The van der Waals surface area contributed by atoms with Crippen LogP contribution in [0.2, 0.25) is 0 Å². The van der Waals surface area contributed by atoms with Crippen LogP contribution in [0.15, 0.2) is 24.3 Å². The van der Waals surface area contributed by atoms with Gasteiger partial charge >= 0.3 is 5.30 Å². The number of rotatable bonds is 1. The minimum atomic E-state index is -1.14. The molecule has 0 fully saturated rings. The zero-order chi connectivity index (χ0) is 10.3. The number of hydrogen-bond donors (Lipinski definition) is 3. The summed E-state index contributed by atoms with van der Waals surface area (Å²) in [5.41, 5.74) is 1.26. The Labute approximate surface area is 82.4 Å². The van der Waals surface area contributed by atoms with Crippen molar-refractivity contribution < 1.29 is 15.0 Å². The lowest BCUT2D eigenvalue weighted by atomic mass is 10.2. The summed E-state index contributed by atoms with van der Waals surface area (Å²) in [7, 11) is 0. The van der Waals surface area contributed by atoms with Gasteiger partial charge in [0, 0.05) is 0 Å². The number of phenols is 1. The van der Waals surface area contributed by atoms with E-state index in [9.17, 15) is 0 Å². The number of aryl methyl sites for hydroxylation is 1. The molecule has 0 radical (unpaired) electrons. The molecule has 0 amide bonds. The van der Waals surface area contributed by atoms with Crippen LogP contribution in [0, 0.1) is 0 Å². The molecule has 1 aromatic rings. The molecule has 0 atom stereocenters. The number of carboxylic acid groups (broad SMARTS) is 1. The lowest BCUT2D eigenvalue weighted by molar-refractivity contribution is 0.222. The first kappa shape index (κ1) is 11.8. The van der Waals surface area contributed by atoms with Gasteiger partial charge in [-0.1, -0.05) is 31.7 Å². The highest BCUT2D eigenvalue weighted by Crippen LogP contribution is 2.09. The predicted molar refractivity (Wildman–Crippen MR) is 54.5 cm³/mol. The van der Waals surface area contributed by atoms with Gasteiger partial charge in [0.25, 0.3) is 0 Å². The number of carbonyl (C=O) groups is 1. The lowest BCUT2D eigenvalue weighted by Gasteiger charge is -1.93. The van der Waals surface area contributed by atoms with E-state index in [4.69, 9.17) is 15.0 Å². The average molecular weight is 200 g/mol. The van der Waals surface area contributed by atoms with Gasteiger partial charge in [-0.25, -0.2) is 4.79 Å². The summed E-state index contributed by atoms with van der Waals surface area (Å²) >= 11 is 2.88. The van der Waals surface area contributed by atoms with Crippen molar-refractivity contribution in [2.75, 3.05) is 0 Å². The van der Waals surface area contributed by atoms with Crippen molar-refractivity contribution in [3.8, 4) is 5.75 Å². The summed E-state index contributed by atoms with van der Waals surface area (Å²) < 4.78 is 0. The van der Waals surface area contributed by atoms with E-state index in [0.29, 0.717) is 5.75 Å². The van der Waals surface area contributed by atoms with E-state index in [1.54, 1.807) is 12.1 Å². The summed E-state index contributed by atoms with van der Waals surface area (Å²) in [6, 6.07) is 7.27. The van der Waals surface area contributed by atoms with Gasteiger partial charge < -0.3 is 10.2 Å². The topological polar surface area (TPSA) is 57.5 Å². The molecule has 72 valence electrons. The number of phenolic OH excluding ortho intramolecular Hbond substituents is 1. The first-order chi connectivity index (χ1) is 6.06. The van der Waals surface area contributed by atoms with Gasteiger partial charge in [0.15, 0.2) is 0 Å². The van der Waals surface area contributed by atoms with Gasteiger partial charge in [-0.3, -0.25) is 0 Å². The molecule has 0 unspecified atom stereocenters. The number of aromatic hydroxyl groups is 1. The molecule has 0 bridgehead atoms. The Balaban J connectivity index is 0.000000310. The van der Waals surface area contributed by atoms with Gasteiger partial charge in [0.1, 0.15) is 5.75 Å². The Kier molecular flexibility index (Phi) is 5.80. The Morgan fingerprint density at radius 3 is 2.08 bits per heavy atom. The molecule has 4 heteroatoms. The van der Waals surface area contributed by atoms with Crippen molar-refractivity contribution in [2.24, 2.45) is 0 Å². The van der Waals surface area contributed by atoms with Crippen LogP contribution in [0.1, 0.15) is 12.5 Å². The van der Waals surface area contributed by atoms with Crippen LogP contribution < -0.4 is 0 Å². The van der Waals surface area contributed by atoms with Crippen LogP contribution in [-0.2, 0) is 6.42 Å². The highest BCUT2D eigenvalue weighted by atomic mass is 32.1. The standard InChI is InChI=1S/C8H10O.CH2O2S/c1-2-7-3-5-8(9)6-4-7;2-1(3)4/h3-6,9H,2H2,1H3;4H,(H,2,3). The van der Waals surface area contributed by atoms with Crippen LogP contribution in [0.5, 0.6) is 5.75 Å². The molecule has 0 heterocycles. The molecule has 0 aliphatic rings. The minimum absolute atomic E-state index is 0.340. The van der Waals surface area contributed by atoms with E-state index < -0.39 is 5.30 Å². The summed E-state index contributed by atoms with van der Waals surface area (Å²) in [4.78, 5) is 8.86. The third-order valence-electron chi connectivity index (χ3n) is 1.34. The van der Waals surface area contributed by atoms with Crippen molar-refractivity contribution in [1.82, 2.24) is 0 Å². The quantitative estimate of drug-likeness (QED) is 0.610. The summed E-state index contributed by atoms with van der Waals surface area (Å²) in [6.45, 7) is 2.09. The van der Waals surface area contributed by atoms with Crippen LogP contribution in [0.25, 0.3) is 0 Å². The number of benzene rings is 1. The molecule has 3 nitrogen and oxygen atoms in total. The maximum Gasteiger partial charge on any atom is 0.361 e. The Morgan fingerprint density at radius 1 is 1.38 bits per heavy atom. The SMILES string of the molecule is CCc1ccc(O)cc1.O=C(O)S. The second-order valence-corrected chi connectivity index (χ2v) is 2.69. The molecule has 13 heavy (non-hydrogen) atoms. The highest BCUT2D eigenvalue weighted by Gasteiger charge is 1.86. The second kappa shape index (κ2) is 6.37. The van der Waals surface area contributed by atoms with Crippen molar-refractivity contribution >= 4 is 17.9 Å². The summed E-state index contributed by atoms with van der Waals surface area (Å²) in [5, 5.41) is 15.0. The molecule has 1 rings (SSSR count). The van der Waals surface area contributed by atoms with Gasteiger partial charge in [-0.2, -0.15) is 0 Å². The fourth-order valence-electron chi connectivity index (χ4n) is 0.732. The smallest absolute Gasteiger partial charge is 0.361 e. The maximum atomic E-state index is 8.86. The van der Waals surface area contributed by atoms with E-state index in [1.165, 1.54) is 5.56 Å². The molecular formula is C9H12O3S. The minimum Gasteiger partial charge on any atom is -0.508 e. The van der Waals surface area contributed by atoms with E-state index in [1.807, 2.05) is 12.1 Å². The van der Waals surface area contributed by atoms with E-state index in [0.717, 1.165) is 6.42 Å². The largest absolute Gasteiger partial charge is 0.508 e. The Morgan fingerprint density at radius 2 is 1.77 bits per heavy atom. The molecule has 0 saturated heterocycles. The van der Waals surface area contributed by atoms with E-state index in [2.05, 4.69) is 19.6 Å². The predicted octanol–water partition coefficient (Wildman–Crippen LogP) is 2.55. The molecule has 1 aromatic carbocycles. The molecule has 0 saturated carbocycles. The van der Waals surface area contributed by atoms with Crippen LogP contribution in [-0.4, -0.2) is 15.5 Å². The zero-order valence-corrected chi connectivity index (χ0v) is 8.16. The second-order valence-electron chi connectivity index (χ2n) is 2.30. The first-order valence-corrected chi connectivity index (χ1v) is 4.20. The number of hydrogen-bond acceptors (Lipinski definition) is 2. The van der Waals surface area contributed by atoms with Crippen molar-refractivity contribution in [2.45, 2.75) is 13.3 Å². The highest BCUT2D eigenvalue weighted by molar-refractivity contribution is 7.96. The molecule has 0 spiro atoms. The molecular weight excluding hydrogens is 188 g/mol. The fourth-order valence-corrected chi connectivity index (χ4v) is 0.732. The third kappa shape index (κ3) is 7.21. The Hall–Kier alpha value is -1.16. The molecule has 2 N–H and O–H groups in total. The molecule has 0 aliphatic heterocycles. The van der Waals surface area contributed by atoms with Gasteiger partial charge in [0.2, 0.25) is 0 Å². The maximum absolute atomic E-state index is 8.86. The Bertz CT molecular complexity index is 252. The average Bonchev–Trinajstić information content (AvgIpc) is 2.05. The van der Waals surface area contributed by atoms with Crippen LogP contribution in [0.4, 0.5) is 4.79 Å². The fraction of sp³-hybridized carbons (Fsp3) is 0.222. The van der Waals surface area contributed by atoms with Gasteiger partial charge in [-0.15, -0.1) is 0 Å².